The Hall–Kier alpha value is -1.81. The molecular weight excluding hydrogens is 575 g/mol. The fraction of sp³-hybridized carbons (Fsp3) is 0.571. The van der Waals surface area contributed by atoms with Crippen LogP contribution in [0.2, 0.25) is 0 Å². The van der Waals surface area contributed by atoms with Crippen molar-refractivity contribution in [2.45, 2.75) is 49.8 Å². The van der Waals surface area contributed by atoms with E-state index >= 15 is 0 Å². The van der Waals surface area contributed by atoms with Crippen molar-refractivity contribution in [3.05, 3.63) is 71.8 Å². The highest BCUT2D eigenvalue weighted by Crippen LogP contribution is 2.54. The zero-order chi connectivity index (χ0) is 30.2. The molecule has 2 aromatic carbocycles. The Morgan fingerprint density at radius 3 is 1.29 bits per heavy atom. The Morgan fingerprint density at radius 1 is 0.571 bits per heavy atom. The quantitative estimate of drug-likeness (QED) is 0.172. The van der Waals surface area contributed by atoms with Crippen molar-refractivity contribution in [2.24, 2.45) is 0 Å². The van der Waals surface area contributed by atoms with Crippen LogP contribution in [0.1, 0.15) is 11.1 Å². The molecule has 0 saturated heterocycles. The lowest BCUT2D eigenvalue weighted by Crippen LogP contribution is -2.67. The van der Waals surface area contributed by atoms with Gasteiger partial charge in [-0.2, -0.15) is 0 Å². The van der Waals surface area contributed by atoms with E-state index in [4.69, 9.17) is 51.5 Å². The van der Waals surface area contributed by atoms with Crippen LogP contribution >= 0.6 is 7.82 Å². The van der Waals surface area contributed by atoms with E-state index in [0.717, 1.165) is 11.1 Å². The molecular formula is C28H41O13P. The Labute approximate surface area is 246 Å². The molecule has 42 heavy (non-hydrogen) atoms. The van der Waals surface area contributed by atoms with Crippen molar-refractivity contribution < 1.29 is 61.1 Å². The number of rotatable bonds is 20. The van der Waals surface area contributed by atoms with E-state index in [1.54, 1.807) is 0 Å². The van der Waals surface area contributed by atoms with Crippen molar-refractivity contribution in [1.29, 1.82) is 0 Å². The number of phosphoric ester groups is 1. The van der Waals surface area contributed by atoms with Crippen LogP contribution in [0.25, 0.3) is 0 Å². The van der Waals surface area contributed by atoms with Gasteiger partial charge < -0.3 is 43.0 Å². The first-order chi connectivity index (χ1) is 20.5. The molecule has 1 N–H and O–H groups in total. The predicted octanol–water partition coefficient (Wildman–Crippen LogP) is 3.24. The predicted molar refractivity (Wildman–Crippen MR) is 148 cm³/mol. The van der Waals surface area contributed by atoms with Gasteiger partial charge in [-0.15, -0.1) is 0 Å². The van der Waals surface area contributed by atoms with Gasteiger partial charge in [0.25, 0.3) is 0 Å². The molecule has 0 amide bonds. The van der Waals surface area contributed by atoms with Gasteiger partial charge in [-0.05, 0) is 11.1 Å². The largest absolute Gasteiger partial charge is 0.475 e. The van der Waals surface area contributed by atoms with Gasteiger partial charge in [0.1, 0.15) is 63.8 Å². The van der Waals surface area contributed by atoms with Crippen LogP contribution in [-0.2, 0) is 69.2 Å². The molecule has 0 heterocycles. The molecule has 1 fully saturated rings. The second-order valence-corrected chi connectivity index (χ2v) is 10.8. The van der Waals surface area contributed by atoms with Crippen LogP contribution < -0.4 is 0 Å². The number of phosphoric acid groups is 1. The van der Waals surface area contributed by atoms with E-state index in [-0.39, 0.29) is 40.4 Å². The van der Waals surface area contributed by atoms with Crippen LogP contribution in [0.5, 0.6) is 0 Å². The highest BCUT2D eigenvalue weighted by molar-refractivity contribution is 7.48. The minimum Gasteiger partial charge on any atom is -0.387 e. The summed E-state index contributed by atoms with van der Waals surface area (Å²) in [7, 11) is 1.35. The highest BCUT2D eigenvalue weighted by atomic mass is 31.2. The second-order valence-electron chi connectivity index (χ2n) is 9.18. The summed E-state index contributed by atoms with van der Waals surface area (Å²) in [5, 5.41) is 11.4. The molecule has 1 aliphatic carbocycles. The molecule has 236 valence electrons. The molecule has 3 rings (SSSR count). The van der Waals surface area contributed by atoms with Crippen molar-refractivity contribution in [3.8, 4) is 0 Å². The standard InChI is InChI=1S/C28H41O13P/c1-31-17-35-24-23(29)25(36-18-32-2)27(38-20-34-4)28(26(24)37-19-33-3)41-42(30,39-15-21-11-7-5-8-12-21)40-16-22-13-9-6-10-14-22/h5-14,23-29H,15-20H2,1-4H3/t23?,24-,25-,26-,27+,28?/m0/s1. The molecule has 0 bridgehead atoms. The normalized spacial score (nSPS) is 24.6. The van der Waals surface area contributed by atoms with Gasteiger partial charge in [-0.25, -0.2) is 4.57 Å². The van der Waals surface area contributed by atoms with E-state index in [0.29, 0.717) is 0 Å². The number of aliphatic hydroxyl groups is 1. The van der Waals surface area contributed by atoms with Crippen LogP contribution in [0.3, 0.4) is 0 Å². The van der Waals surface area contributed by atoms with Gasteiger partial charge in [0.15, 0.2) is 0 Å². The number of benzene rings is 2. The van der Waals surface area contributed by atoms with Crippen LogP contribution in [-0.4, -0.2) is 97.3 Å². The summed E-state index contributed by atoms with van der Waals surface area (Å²) >= 11 is 0. The van der Waals surface area contributed by atoms with Crippen LogP contribution in [0.4, 0.5) is 0 Å². The third-order valence-electron chi connectivity index (χ3n) is 6.20. The Balaban J connectivity index is 2.00. The van der Waals surface area contributed by atoms with Crippen molar-refractivity contribution in [2.75, 3.05) is 55.6 Å². The van der Waals surface area contributed by atoms with E-state index in [9.17, 15) is 9.67 Å². The maximum Gasteiger partial charge on any atom is 0.475 e. The molecule has 0 aromatic heterocycles. The van der Waals surface area contributed by atoms with Crippen molar-refractivity contribution in [3.63, 3.8) is 0 Å². The molecule has 2 unspecified atom stereocenters. The molecule has 14 heteroatoms. The summed E-state index contributed by atoms with van der Waals surface area (Å²) in [4.78, 5) is 0. The fourth-order valence-electron chi connectivity index (χ4n) is 4.31. The summed E-state index contributed by atoms with van der Waals surface area (Å²) in [5.41, 5.74) is 1.48. The zero-order valence-corrected chi connectivity index (χ0v) is 25.2. The summed E-state index contributed by atoms with van der Waals surface area (Å²) < 4.78 is 76.2. The monoisotopic (exact) mass is 616 g/mol. The molecule has 13 nitrogen and oxygen atoms in total. The Morgan fingerprint density at radius 2 is 0.929 bits per heavy atom. The van der Waals surface area contributed by atoms with Crippen LogP contribution in [0.15, 0.2) is 60.7 Å². The molecule has 1 saturated carbocycles. The number of hydrogen-bond donors (Lipinski definition) is 1. The summed E-state index contributed by atoms with van der Waals surface area (Å²) in [5.74, 6) is 0. The summed E-state index contributed by atoms with van der Waals surface area (Å²) in [6, 6.07) is 18.3. The van der Waals surface area contributed by atoms with Crippen molar-refractivity contribution in [1.82, 2.24) is 0 Å². The van der Waals surface area contributed by atoms with Gasteiger partial charge in [0.2, 0.25) is 0 Å². The average molecular weight is 617 g/mol. The van der Waals surface area contributed by atoms with Crippen molar-refractivity contribution >= 4 is 7.82 Å². The average Bonchev–Trinajstić information content (AvgIpc) is 3.02. The molecule has 1 aliphatic rings. The maximum atomic E-state index is 14.4. The number of hydrogen-bond acceptors (Lipinski definition) is 13. The van der Waals surface area contributed by atoms with Gasteiger partial charge in [0.05, 0.1) is 13.2 Å². The number of ether oxygens (including phenoxy) is 8. The lowest BCUT2D eigenvalue weighted by atomic mass is 9.84. The first-order valence-corrected chi connectivity index (χ1v) is 14.7. The highest BCUT2D eigenvalue weighted by Gasteiger charge is 2.56. The van der Waals surface area contributed by atoms with E-state index in [2.05, 4.69) is 0 Å². The van der Waals surface area contributed by atoms with E-state index in [1.807, 2.05) is 60.7 Å². The summed E-state index contributed by atoms with van der Waals surface area (Å²) in [6.07, 6.45) is -7.02. The molecule has 6 atom stereocenters. The molecule has 2 aromatic rings. The number of aliphatic hydroxyl groups excluding tert-OH is 1. The Kier molecular flexibility index (Phi) is 15.5. The maximum absolute atomic E-state index is 14.4. The lowest BCUT2D eigenvalue weighted by molar-refractivity contribution is -0.297. The molecule has 0 spiro atoms. The third-order valence-corrected chi connectivity index (χ3v) is 7.59. The first-order valence-electron chi connectivity index (χ1n) is 13.2. The Bertz CT molecular complexity index is 955. The minimum absolute atomic E-state index is 0.0807. The van der Waals surface area contributed by atoms with Gasteiger partial charge >= 0.3 is 7.82 Å². The molecule has 0 radical (unpaired) electrons. The lowest BCUT2D eigenvalue weighted by Gasteiger charge is -2.47. The van der Waals surface area contributed by atoms with E-state index in [1.165, 1.54) is 28.4 Å². The molecule has 0 aliphatic heterocycles. The summed E-state index contributed by atoms with van der Waals surface area (Å²) in [6.45, 7) is -0.996. The van der Waals surface area contributed by atoms with Gasteiger partial charge in [0, 0.05) is 28.4 Å². The number of methoxy groups -OCH3 is 4. The van der Waals surface area contributed by atoms with E-state index < -0.39 is 44.4 Å². The fourth-order valence-corrected chi connectivity index (χ4v) is 5.66. The first kappa shape index (κ1) is 34.7. The minimum atomic E-state index is -4.38. The van der Waals surface area contributed by atoms with Gasteiger partial charge in [-0.1, -0.05) is 60.7 Å². The topological polar surface area (TPSA) is 139 Å². The van der Waals surface area contributed by atoms with Gasteiger partial charge in [-0.3, -0.25) is 13.6 Å². The smallest absolute Gasteiger partial charge is 0.387 e. The third kappa shape index (κ3) is 10.4. The second kappa shape index (κ2) is 18.8. The van der Waals surface area contributed by atoms with Crippen LogP contribution in [0, 0.1) is 0 Å². The zero-order valence-electron chi connectivity index (χ0n) is 24.3. The SMILES string of the molecule is COCO[C@@H]1C(OP(=O)(OCc2ccccc2)OCc2ccccc2)[C@H](OCOC)[C@@H](OCOC)C(O)[C@@H]1OCOC.